The first-order valence-corrected chi connectivity index (χ1v) is 4.96. The minimum atomic E-state index is -4.83. The molecule has 0 heterocycles. The summed E-state index contributed by atoms with van der Waals surface area (Å²) in [4.78, 5) is -0.503. The summed E-state index contributed by atoms with van der Waals surface area (Å²) in [5, 5.41) is 0. The van der Waals surface area contributed by atoms with Crippen molar-refractivity contribution in [1.82, 2.24) is 0 Å². The molecule has 0 aliphatic rings. The van der Waals surface area contributed by atoms with Gasteiger partial charge in [0, 0.05) is 0 Å². The van der Waals surface area contributed by atoms with E-state index >= 15 is 0 Å². The maximum Gasteiger partial charge on any atom is 1.00 e. The summed E-state index contributed by atoms with van der Waals surface area (Å²) in [6, 6.07) is 3.18. The van der Waals surface area contributed by atoms with Crippen molar-refractivity contribution in [2.75, 3.05) is 0 Å². The molecule has 4 nitrogen and oxygen atoms in total. The Morgan fingerprint density at radius 3 is 1.94 bits per heavy atom. The SMILES string of the molecule is O=S(=O)(O)c1ccc(OC(F)(F)F)cc1.[H-].[Na+]. The van der Waals surface area contributed by atoms with Crippen molar-refractivity contribution in [1.29, 1.82) is 0 Å². The van der Waals surface area contributed by atoms with E-state index in [1.165, 1.54) is 0 Å². The van der Waals surface area contributed by atoms with E-state index in [-0.39, 0.29) is 31.0 Å². The summed E-state index contributed by atoms with van der Waals surface area (Å²) in [7, 11) is -4.40. The number of halogens is 3. The van der Waals surface area contributed by atoms with E-state index < -0.39 is 27.1 Å². The molecule has 0 saturated heterocycles. The van der Waals surface area contributed by atoms with Gasteiger partial charge in [-0.05, 0) is 24.3 Å². The Labute approximate surface area is 113 Å². The molecular weight excluding hydrogens is 260 g/mol. The fourth-order valence-corrected chi connectivity index (χ4v) is 1.29. The number of alkyl halides is 3. The average Bonchev–Trinajstić information content (AvgIpc) is 2.00. The van der Waals surface area contributed by atoms with Crippen LogP contribution in [-0.4, -0.2) is 19.3 Å². The molecule has 0 atom stereocenters. The first-order valence-electron chi connectivity index (χ1n) is 3.52. The van der Waals surface area contributed by atoms with E-state index in [0.717, 1.165) is 24.3 Å². The summed E-state index contributed by atoms with van der Waals surface area (Å²) in [5.74, 6) is -0.560. The fourth-order valence-electron chi connectivity index (χ4n) is 0.813. The van der Waals surface area contributed by atoms with Crippen LogP contribution in [0.15, 0.2) is 29.2 Å². The molecule has 0 radical (unpaired) electrons. The molecule has 0 bridgehead atoms. The molecule has 1 aromatic rings. The predicted molar refractivity (Wildman–Crippen MR) is 44.1 cm³/mol. The topological polar surface area (TPSA) is 63.6 Å². The third-order valence-corrected chi connectivity index (χ3v) is 2.22. The van der Waals surface area contributed by atoms with Crippen molar-refractivity contribution in [3.05, 3.63) is 24.3 Å². The first-order chi connectivity index (χ1) is 6.68. The number of hydrogen-bond acceptors (Lipinski definition) is 3. The minimum absolute atomic E-state index is 0. The van der Waals surface area contributed by atoms with Gasteiger partial charge >= 0.3 is 35.9 Å². The van der Waals surface area contributed by atoms with E-state index in [9.17, 15) is 21.6 Å². The van der Waals surface area contributed by atoms with Crippen LogP contribution in [0, 0.1) is 0 Å². The Balaban J connectivity index is 0. The van der Waals surface area contributed by atoms with Crippen LogP contribution < -0.4 is 34.3 Å². The van der Waals surface area contributed by atoms with Crippen LogP contribution in [0.2, 0.25) is 0 Å². The average molecular weight is 266 g/mol. The Bertz CT molecular complexity index is 445. The van der Waals surface area contributed by atoms with Crippen molar-refractivity contribution >= 4 is 10.1 Å². The molecule has 9 heteroatoms. The van der Waals surface area contributed by atoms with Crippen molar-refractivity contribution in [3.8, 4) is 5.75 Å². The molecule has 0 saturated carbocycles. The monoisotopic (exact) mass is 266 g/mol. The maximum absolute atomic E-state index is 11.7. The second-order valence-corrected chi connectivity index (χ2v) is 3.92. The minimum Gasteiger partial charge on any atom is -1.00 e. The number of benzene rings is 1. The number of rotatable bonds is 2. The zero-order chi connectivity index (χ0) is 11.7. The third kappa shape index (κ3) is 5.17. The van der Waals surface area contributed by atoms with Gasteiger partial charge in [0.15, 0.2) is 0 Å². The van der Waals surface area contributed by atoms with Crippen LogP contribution in [0.4, 0.5) is 13.2 Å². The predicted octanol–water partition coefficient (Wildman–Crippen LogP) is -1.05. The van der Waals surface area contributed by atoms with E-state index in [0.29, 0.717) is 0 Å². The molecule has 1 N–H and O–H groups in total. The Morgan fingerprint density at radius 1 is 1.19 bits per heavy atom. The third-order valence-electron chi connectivity index (χ3n) is 1.36. The Hall–Kier alpha value is -0.280. The van der Waals surface area contributed by atoms with Gasteiger partial charge in [0.25, 0.3) is 10.1 Å². The second kappa shape index (κ2) is 5.37. The van der Waals surface area contributed by atoms with Gasteiger partial charge in [-0.25, -0.2) is 0 Å². The Kier molecular flexibility index (Phi) is 5.27. The van der Waals surface area contributed by atoms with Crippen molar-refractivity contribution in [2.45, 2.75) is 11.3 Å². The summed E-state index contributed by atoms with van der Waals surface area (Å²) < 4.78 is 68.1. The Morgan fingerprint density at radius 2 is 1.62 bits per heavy atom. The number of hydrogen-bond donors (Lipinski definition) is 1. The standard InChI is InChI=1S/C7H5F3O4S.Na.H/c8-7(9,10)14-5-1-3-6(4-2-5)15(11,12)13;;/h1-4H,(H,11,12,13);;/q;+1;-1. The van der Waals surface area contributed by atoms with Crippen LogP contribution in [-0.2, 0) is 10.1 Å². The van der Waals surface area contributed by atoms with Gasteiger partial charge in [-0.3, -0.25) is 4.55 Å². The van der Waals surface area contributed by atoms with Crippen molar-refractivity contribution in [2.24, 2.45) is 0 Å². The smallest absolute Gasteiger partial charge is 1.00 e. The zero-order valence-corrected chi connectivity index (χ0v) is 10.8. The van der Waals surface area contributed by atoms with Crippen LogP contribution >= 0.6 is 0 Å². The zero-order valence-electron chi connectivity index (χ0n) is 9.02. The maximum atomic E-state index is 11.7. The van der Waals surface area contributed by atoms with Gasteiger partial charge in [-0.15, -0.1) is 13.2 Å². The van der Waals surface area contributed by atoms with Gasteiger partial charge in [-0.2, -0.15) is 8.42 Å². The molecule has 0 aliphatic carbocycles. The van der Waals surface area contributed by atoms with Crippen LogP contribution in [0.25, 0.3) is 0 Å². The summed E-state index contributed by atoms with van der Waals surface area (Å²) in [6.45, 7) is 0. The fraction of sp³-hybridized carbons (Fsp3) is 0.143. The molecule has 0 aromatic heterocycles. The van der Waals surface area contributed by atoms with Crippen LogP contribution in [0.3, 0.4) is 0 Å². The number of ether oxygens (including phenoxy) is 1. The van der Waals surface area contributed by atoms with E-state index in [4.69, 9.17) is 4.55 Å². The first kappa shape index (κ1) is 15.7. The summed E-state index contributed by atoms with van der Waals surface area (Å²) in [5.41, 5.74) is 0. The molecule has 0 amide bonds. The van der Waals surface area contributed by atoms with E-state index in [1.807, 2.05) is 0 Å². The van der Waals surface area contributed by atoms with Gasteiger partial charge in [0.1, 0.15) is 5.75 Å². The van der Waals surface area contributed by atoms with Crippen LogP contribution in [0.5, 0.6) is 5.75 Å². The molecule has 0 unspecified atom stereocenters. The van der Waals surface area contributed by atoms with Gasteiger partial charge in [0.2, 0.25) is 0 Å². The second-order valence-electron chi connectivity index (χ2n) is 2.49. The van der Waals surface area contributed by atoms with Crippen molar-refractivity contribution in [3.63, 3.8) is 0 Å². The quantitative estimate of drug-likeness (QED) is 0.548. The molecule has 16 heavy (non-hydrogen) atoms. The molecule has 0 aliphatic heterocycles. The van der Waals surface area contributed by atoms with E-state index in [1.54, 1.807) is 0 Å². The summed E-state index contributed by atoms with van der Waals surface area (Å²) >= 11 is 0. The van der Waals surface area contributed by atoms with Gasteiger partial charge in [-0.1, -0.05) is 0 Å². The van der Waals surface area contributed by atoms with Crippen LogP contribution in [0.1, 0.15) is 1.43 Å². The molecule has 0 fully saturated rings. The molecule has 1 rings (SSSR count). The molecule has 0 spiro atoms. The van der Waals surface area contributed by atoms with Crippen molar-refractivity contribution < 1.29 is 61.9 Å². The molecule has 86 valence electrons. The molecule has 1 aromatic carbocycles. The summed E-state index contributed by atoms with van der Waals surface area (Å²) in [6.07, 6.45) is -4.83. The normalized spacial score (nSPS) is 11.8. The van der Waals surface area contributed by atoms with Gasteiger partial charge < -0.3 is 6.16 Å². The van der Waals surface area contributed by atoms with Gasteiger partial charge in [0.05, 0.1) is 4.90 Å². The largest absolute Gasteiger partial charge is 1.00 e. The molecular formula is C7H6F3NaO4S. The van der Waals surface area contributed by atoms with E-state index in [2.05, 4.69) is 4.74 Å².